The Morgan fingerprint density at radius 3 is 2.74 bits per heavy atom. The molecule has 7 nitrogen and oxygen atoms in total. The van der Waals surface area contributed by atoms with Crippen molar-refractivity contribution in [2.24, 2.45) is 0 Å². The number of piperidine rings is 1. The predicted molar refractivity (Wildman–Crippen MR) is 102 cm³/mol. The Bertz CT molecular complexity index is 841. The number of likely N-dealkylation sites (tertiary alicyclic amines) is 1. The molecule has 3 heterocycles. The molecule has 1 aliphatic carbocycles. The van der Waals surface area contributed by atoms with E-state index in [9.17, 15) is 4.79 Å². The van der Waals surface area contributed by atoms with Gasteiger partial charge in [-0.15, -0.1) is 0 Å². The van der Waals surface area contributed by atoms with E-state index in [2.05, 4.69) is 21.8 Å². The minimum absolute atomic E-state index is 0.136. The fourth-order valence-corrected chi connectivity index (χ4v) is 3.64. The van der Waals surface area contributed by atoms with Crippen molar-refractivity contribution >= 4 is 5.82 Å². The van der Waals surface area contributed by atoms with Gasteiger partial charge in [-0.2, -0.15) is 0 Å². The van der Waals surface area contributed by atoms with Crippen molar-refractivity contribution in [3.8, 4) is 5.75 Å². The van der Waals surface area contributed by atoms with Gasteiger partial charge in [-0.3, -0.25) is 9.69 Å². The quantitative estimate of drug-likeness (QED) is 0.773. The van der Waals surface area contributed by atoms with Gasteiger partial charge in [-0.25, -0.2) is 9.97 Å². The van der Waals surface area contributed by atoms with E-state index in [-0.39, 0.29) is 11.2 Å². The number of anilines is 1. The second kappa shape index (κ2) is 7.68. The lowest BCUT2D eigenvalue weighted by Gasteiger charge is -2.37. The minimum Gasteiger partial charge on any atom is -0.490 e. The van der Waals surface area contributed by atoms with Crippen LogP contribution in [0, 0.1) is 0 Å². The Morgan fingerprint density at radius 2 is 2.07 bits per heavy atom. The van der Waals surface area contributed by atoms with Crippen molar-refractivity contribution in [3.63, 3.8) is 0 Å². The van der Waals surface area contributed by atoms with E-state index < -0.39 is 0 Å². The van der Waals surface area contributed by atoms with Crippen molar-refractivity contribution in [2.45, 2.75) is 44.2 Å². The van der Waals surface area contributed by atoms with Crippen LogP contribution in [0.5, 0.6) is 5.75 Å². The monoisotopic (exact) mass is 370 g/mol. The molecule has 0 atom stereocenters. The highest BCUT2D eigenvalue weighted by Crippen LogP contribution is 2.38. The standard InChI is InChI=1S/C20H26N4O3/c1-23(19-5-8-21-20(22-19)14-3-4-14)15-6-9-24(10-7-15)12-16-11-17(25)18(26-2)13-27-16/h5,8,11,13-15H,3-4,6-7,9-10,12H2,1-2H3. The molecule has 7 heteroatoms. The van der Waals surface area contributed by atoms with Crippen molar-refractivity contribution in [3.05, 3.63) is 46.4 Å². The highest BCUT2D eigenvalue weighted by atomic mass is 16.5. The van der Waals surface area contributed by atoms with Crippen molar-refractivity contribution in [1.29, 1.82) is 0 Å². The number of nitrogens with zero attached hydrogens (tertiary/aromatic N) is 4. The third kappa shape index (κ3) is 4.13. The number of methoxy groups -OCH3 is 1. The van der Waals surface area contributed by atoms with Gasteiger partial charge < -0.3 is 14.1 Å². The maximum absolute atomic E-state index is 11.9. The second-order valence-corrected chi connectivity index (χ2v) is 7.44. The molecule has 2 aliphatic rings. The summed E-state index contributed by atoms with van der Waals surface area (Å²) in [7, 11) is 3.60. The zero-order chi connectivity index (χ0) is 18.8. The molecule has 0 aromatic carbocycles. The van der Waals surface area contributed by atoms with E-state index in [1.807, 2.05) is 12.3 Å². The lowest BCUT2D eigenvalue weighted by atomic mass is 10.0. The van der Waals surface area contributed by atoms with E-state index in [1.54, 1.807) is 0 Å². The van der Waals surface area contributed by atoms with Crippen molar-refractivity contribution in [1.82, 2.24) is 14.9 Å². The average molecular weight is 370 g/mol. The van der Waals surface area contributed by atoms with Crippen LogP contribution in [0.3, 0.4) is 0 Å². The van der Waals surface area contributed by atoms with Crippen LogP contribution in [0.2, 0.25) is 0 Å². The third-order valence-electron chi connectivity index (χ3n) is 5.52. The zero-order valence-electron chi connectivity index (χ0n) is 15.9. The predicted octanol–water partition coefficient (Wildman–Crippen LogP) is 2.42. The number of aromatic nitrogens is 2. The molecule has 0 bridgehead atoms. The smallest absolute Gasteiger partial charge is 0.227 e. The normalized spacial score (nSPS) is 18.4. The third-order valence-corrected chi connectivity index (χ3v) is 5.52. The summed E-state index contributed by atoms with van der Waals surface area (Å²) in [4.78, 5) is 25.7. The molecule has 144 valence electrons. The summed E-state index contributed by atoms with van der Waals surface area (Å²) < 4.78 is 10.5. The largest absolute Gasteiger partial charge is 0.490 e. The zero-order valence-corrected chi connectivity index (χ0v) is 15.9. The van der Waals surface area contributed by atoms with Gasteiger partial charge in [-0.05, 0) is 31.7 Å². The highest BCUT2D eigenvalue weighted by molar-refractivity contribution is 5.38. The molecule has 0 spiro atoms. The molecular formula is C20H26N4O3. The Hall–Kier alpha value is -2.41. The van der Waals surface area contributed by atoms with Crippen molar-refractivity contribution < 1.29 is 9.15 Å². The van der Waals surface area contributed by atoms with Gasteiger partial charge in [0.05, 0.1) is 13.7 Å². The summed E-state index contributed by atoms with van der Waals surface area (Å²) in [6.45, 7) is 2.58. The van der Waals surface area contributed by atoms with Gasteiger partial charge in [0, 0.05) is 44.4 Å². The second-order valence-electron chi connectivity index (χ2n) is 7.44. The number of ether oxygens (including phenoxy) is 1. The highest BCUT2D eigenvalue weighted by Gasteiger charge is 2.28. The van der Waals surface area contributed by atoms with Gasteiger partial charge in [0.25, 0.3) is 0 Å². The average Bonchev–Trinajstić information content (AvgIpc) is 3.54. The Labute approximate surface area is 159 Å². The molecule has 4 rings (SSSR count). The summed E-state index contributed by atoms with van der Waals surface area (Å²) in [5.41, 5.74) is -0.136. The van der Waals surface area contributed by atoms with Crippen molar-refractivity contribution in [2.75, 3.05) is 32.1 Å². The summed E-state index contributed by atoms with van der Waals surface area (Å²) in [5, 5.41) is 0. The topological polar surface area (TPSA) is 71.7 Å². The van der Waals surface area contributed by atoms with E-state index in [1.165, 1.54) is 32.3 Å². The van der Waals surface area contributed by atoms with Gasteiger partial charge in [0.1, 0.15) is 23.7 Å². The first-order chi connectivity index (χ1) is 13.1. The Morgan fingerprint density at radius 1 is 1.30 bits per heavy atom. The summed E-state index contributed by atoms with van der Waals surface area (Å²) in [5.74, 6) is 3.50. The first-order valence-corrected chi connectivity index (χ1v) is 9.58. The summed E-state index contributed by atoms with van der Waals surface area (Å²) >= 11 is 0. The van der Waals surface area contributed by atoms with Crippen LogP contribution in [-0.2, 0) is 6.54 Å². The SMILES string of the molecule is COc1coc(CN2CCC(N(C)c3ccnc(C4CC4)n3)CC2)cc1=O. The lowest BCUT2D eigenvalue weighted by Crippen LogP contribution is -2.43. The van der Waals surface area contributed by atoms with Crippen LogP contribution in [0.4, 0.5) is 5.82 Å². The fourth-order valence-electron chi connectivity index (χ4n) is 3.64. The van der Waals surface area contributed by atoms with E-state index in [0.717, 1.165) is 37.6 Å². The molecule has 2 fully saturated rings. The number of hydrogen-bond donors (Lipinski definition) is 0. The molecule has 27 heavy (non-hydrogen) atoms. The maximum Gasteiger partial charge on any atom is 0.227 e. The summed E-state index contributed by atoms with van der Waals surface area (Å²) in [6.07, 6.45) is 7.82. The molecule has 1 aliphatic heterocycles. The van der Waals surface area contributed by atoms with Gasteiger partial charge >= 0.3 is 0 Å². The fraction of sp³-hybridized carbons (Fsp3) is 0.550. The molecular weight excluding hydrogens is 344 g/mol. The van der Waals surface area contributed by atoms with E-state index >= 15 is 0 Å². The molecule has 2 aromatic heterocycles. The van der Waals surface area contributed by atoms with E-state index in [4.69, 9.17) is 14.1 Å². The lowest BCUT2D eigenvalue weighted by molar-refractivity contribution is 0.187. The van der Waals surface area contributed by atoms with Crippen LogP contribution < -0.4 is 15.1 Å². The van der Waals surface area contributed by atoms with Gasteiger partial charge in [-0.1, -0.05) is 0 Å². The molecule has 1 saturated carbocycles. The molecule has 0 N–H and O–H groups in total. The first-order valence-electron chi connectivity index (χ1n) is 9.58. The molecule has 1 saturated heterocycles. The Kier molecular flexibility index (Phi) is 5.11. The molecule has 2 aromatic rings. The maximum atomic E-state index is 11.9. The van der Waals surface area contributed by atoms with Crippen LogP contribution in [0.1, 0.15) is 43.2 Å². The number of rotatable bonds is 6. The van der Waals surface area contributed by atoms with E-state index in [0.29, 0.717) is 24.3 Å². The minimum atomic E-state index is -0.136. The van der Waals surface area contributed by atoms with Gasteiger partial charge in [0.2, 0.25) is 11.2 Å². The van der Waals surface area contributed by atoms with Crippen LogP contribution in [-0.4, -0.2) is 48.2 Å². The first kappa shape index (κ1) is 18.0. The molecule has 0 radical (unpaired) electrons. The summed E-state index contributed by atoms with van der Waals surface area (Å²) in [6, 6.07) is 3.99. The molecule has 0 unspecified atom stereocenters. The van der Waals surface area contributed by atoms with Gasteiger partial charge in [0.15, 0.2) is 0 Å². The Balaban J connectivity index is 1.33. The molecule has 0 amide bonds. The van der Waals surface area contributed by atoms with Crippen LogP contribution in [0.15, 0.2) is 33.8 Å². The van der Waals surface area contributed by atoms with Crippen LogP contribution in [0.25, 0.3) is 0 Å². The van der Waals surface area contributed by atoms with Crippen LogP contribution >= 0.6 is 0 Å². The number of hydrogen-bond acceptors (Lipinski definition) is 7.